The summed E-state index contributed by atoms with van der Waals surface area (Å²) in [5.74, 6) is -0.577. The maximum Gasteiger partial charge on any atom is 0.280 e. The van der Waals surface area contributed by atoms with E-state index in [-0.39, 0.29) is 28.9 Å². The maximum absolute atomic E-state index is 13.4. The van der Waals surface area contributed by atoms with Crippen LogP contribution in [0.3, 0.4) is 0 Å². The summed E-state index contributed by atoms with van der Waals surface area (Å²) >= 11 is 6.18. The maximum atomic E-state index is 13.4. The zero-order valence-electron chi connectivity index (χ0n) is 15.6. The number of aryl methyl sites for hydroxylation is 1. The second kappa shape index (κ2) is 7.38. The molecule has 1 saturated carbocycles. The molecule has 0 unspecified atom stereocenters. The lowest BCUT2D eigenvalue weighted by Gasteiger charge is -2.12. The molecule has 0 radical (unpaired) electrons. The summed E-state index contributed by atoms with van der Waals surface area (Å²) in [5, 5.41) is 8.23. The Morgan fingerprint density at radius 2 is 2.03 bits per heavy atom. The fraction of sp³-hybridized carbons (Fsp3) is 0.389. The van der Waals surface area contributed by atoms with E-state index in [0.29, 0.717) is 24.2 Å². The quantitative estimate of drug-likeness (QED) is 0.533. The van der Waals surface area contributed by atoms with Gasteiger partial charge < -0.3 is 4.52 Å². The molecule has 4 rings (SSSR count). The molecule has 30 heavy (non-hydrogen) atoms. The molecule has 3 aromatic rings. The van der Waals surface area contributed by atoms with Gasteiger partial charge in [0.05, 0.1) is 17.7 Å². The number of hydrogen-bond donors (Lipinski definition) is 0. The molecular weight excluding hydrogens is 445 g/mol. The van der Waals surface area contributed by atoms with Gasteiger partial charge in [-0.15, -0.1) is 0 Å². The summed E-state index contributed by atoms with van der Waals surface area (Å²) in [6.07, 6.45) is -0.509. The summed E-state index contributed by atoms with van der Waals surface area (Å²) in [5.41, 5.74) is -0.406. The SMILES string of the molecule is CS(=O)(=O)CCn1nc(-c2nc(C3(c4ccc(F)cc4Cl)CC3)no2)cc1C(F)F. The van der Waals surface area contributed by atoms with E-state index >= 15 is 0 Å². The second-order valence-electron chi connectivity index (χ2n) is 7.24. The smallest absolute Gasteiger partial charge is 0.280 e. The first-order valence-electron chi connectivity index (χ1n) is 8.93. The van der Waals surface area contributed by atoms with Gasteiger partial charge in [-0.25, -0.2) is 21.6 Å². The third kappa shape index (κ3) is 3.95. The van der Waals surface area contributed by atoms with Crippen LogP contribution in [0.5, 0.6) is 0 Å². The van der Waals surface area contributed by atoms with Crippen molar-refractivity contribution in [2.75, 3.05) is 12.0 Å². The number of rotatable bonds is 7. The lowest BCUT2D eigenvalue weighted by Crippen LogP contribution is -2.14. The second-order valence-corrected chi connectivity index (χ2v) is 9.90. The molecule has 2 aromatic heterocycles. The Labute approximate surface area is 174 Å². The zero-order valence-corrected chi connectivity index (χ0v) is 17.2. The molecule has 0 aliphatic heterocycles. The Balaban J connectivity index is 1.66. The van der Waals surface area contributed by atoms with Crippen molar-refractivity contribution in [1.82, 2.24) is 19.9 Å². The first kappa shape index (κ1) is 20.9. The van der Waals surface area contributed by atoms with Gasteiger partial charge in [0.25, 0.3) is 12.3 Å². The largest absolute Gasteiger partial charge is 0.332 e. The van der Waals surface area contributed by atoms with E-state index < -0.39 is 33.2 Å². The molecular formula is C18H16ClF3N4O3S. The van der Waals surface area contributed by atoms with Crippen molar-refractivity contribution >= 4 is 21.4 Å². The van der Waals surface area contributed by atoms with Gasteiger partial charge >= 0.3 is 0 Å². The molecule has 0 bridgehead atoms. The van der Waals surface area contributed by atoms with E-state index in [2.05, 4.69) is 15.2 Å². The van der Waals surface area contributed by atoms with E-state index in [9.17, 15) is 21.6 Å². The van der Waals surface area contributed by atoms with Gasteiger partial charge in [0.2, 0.25) is 0 Å². The predicted molar refractivity (Wildman–Crippen MR) is 102 cm³/mol. The first-order chi connectivity index (χ1) is 14.1. The van der Waals surface area contributed by atoms with Crippen molar-refractivity contribution in [2.24, 2.45) is 0 Å². The average molecular weight is 461 g/mol. The van der Waals surface area contributed by atoms with Gasteiger partial charge in [0, 0.05) is 11.3 Å². The number of sulfone groups is 1. The minimum atomic E-state index is -3.36. The van der Waals surface area contributed by atoms with Gasteiger partial charge in [-0.2, -0.15) is 10.1 Å². The fourth-order valence-corrected chi connectivity index (χ4v) is 4.13. The molecule has 2 heterocycles. The normalized spacial score (nSPS) is 15.7. The first-order valence-corrected chi connectivity index (χ1v) is 11.4. The highest BCUT2D eigenvalue weighted by Crippen LogP contribution is 2.54. The van der Waals surface area contributed by atoms with Crippen molar-refractivity contribution in [2.45, 2.75) is 31.2 Å². The Bertz CT molecular complexity index is 1210. The van der Waals surface area contributed by atoms with Crippen LogP contribution in [0.25, 0.3) is 11.6 Å². The highest BCUT2D eigenvalue weighted by molar-refractivity contribution is 7.90. The van der Waals surface area contributed by atoms with E-state index in [1.54, 1.807) is 6.07 Å². The molecule has 1 aliphatic carbocycles. The molecule has 0 saturated heterocycles. The third-order valence-corrected chi connectivity index (χ3v) is 6.22. The van der Waals surface area contributed by atoms with Gasteiger partial charge in [-0.05, 0) is 36.6 Å². The van der Waals surface area contributed by atoms with Crippen molar-refractivity contribution in [3.8, 4) is 11.6 Å². The standard InChI is InChI=1S/C18H16ClF3N4O3S/c1-30(27,28)7-6-26-14(15(21)22)9-13(24-26)16-23-17(25-29-16)18(4-5-18)11-3-2-10(20)8-12(11)19/h2-3,8-9,15H,4-7H2,1H3. The Morgan fingerprint density at radius 3 is 2.63 bits per heavy atom. The molecule has 1 fully saturated rings. The monoisotopic (exact) mass is 460 g/mol. The van der Waals surface area contributed by atoms with Crippen molar-refractivity contribution in [1.29, 1.82) is 0 Å². The van der Waals surface area contributed by atoms with Crippen LogP contribution in [0.1, 0.15) is 36.3 Å². The average Bonchev–Trinajstić information content (AvgIpc) is 3.12. The number of nitrogens with zero attached hydrogens (tertiary/aromatic N) is 4. The van der Waals surface area contributed by atoms with Gasteiger partial charge in [0.1, 0.15) is 21.3 Å². The highest BCUT2D eigenvalue weighted by atomic mass is 35.5. The molecule has 7 nitrogen and oxygen atoms in total. The van der Waals surface area contributed by atoms with Gasteiger partial charge in [-0.1, -0.05) is 22.8 Å². The van der Waals surface area contributed by atoms with E-state index in [0.717, 1.165) is 17.0 Å². The zero-order chi connectivity index (χ0) is 21.7. The molecule has 1 aliphatic rings. The molecule has 1 aromatic carbocycles. The van der Waals surface area contributed by atoms with Crippen LogP contribution >= 0.6 is 11.6 Å². The van der Waals surface area contributed by atoms with Crippen molar-refractivity contribution in [3.05, 3.63) is 52.2 Å². The van der Waals surface area contributed by atoms with E-state index in [4.69, 9.17) is 16.1 Å². The number of alkyl halides is 2. The van der Waals surface area contributed by atoms with Crippen LogP contribution in [-0.4, -0.2) is 40.3 Å². The summed E-state index contributed by atoms with van der Waals surface area (Å²) in [7, 11) is -3.36. The lowest BCUT2D eigenvalue weighted by atomic mass is 9.95. The summed E-state index contributed by atoms with van der Waals surface area (Å²) in [6, 6.07) is 5.15. The number of halogens is 4. The summed E-state index contributed by atoms with van der Waals surface area (Å²) in [6.45, 7) is -0.228. The van der Waals surface area contributed by atoms with Crippen molar-refractivity contribution < 1.29 is 26.1 Å². The van der Waals surface area contributed by atoms with Gasteiger partial charge in [0.15, 0.2) is 11.5 Å². The molecule has 12 heteroatoms. The van der Waals surface area contributed by atoms with Crippen LogP contribution in [0, 0.1) is 5.82 Å². The lowest BCUT2D eigenvalue weighted by molar-refractivity contribution is 0.139. The van der Waals surface area contributed by atoms with Crippen LogP contribution < -0.4 is 0 Å². The molecule has 0 amide bonds. The Hall–Kier alpha value is -2.40. The third-order valence-electron chi connectivity index (χ3n) is 4.98. The number of hydrogen-bond acceptors (Lipinski definition) is 6. The van der Waals surface area contributed by atoms with Crippen LogP contribution in [-0.2, 0) is 21.8 Å². The minimum absolute atomic E-state index is 0.0126. The van der Waals surface area contributed by atoms with E-state index in [1.807, 2.05) is 0 Å². The number of aromatic nitrogens is 4. The van der Waals surface area contributed by atoms with Gasteiger partial charge in [-0.3, -0.25) is 4.68 Å². The minimum Gasteiger partial charge on any atom is -0.332 e. The van der Waals surface area contributed by atoms with E-state index in [1.165, 1.54) is 12.1 Å². The van der Waals surface area contributed by atoms with Crippen LogP contribution in [0.4, 0.5) is 13.2 Å². The molecule has 0 spiro atoms. The molecule has 160 valence electrons. The fourth-order valence-electron chi connectivity index (χ4n) is 3.28. The van der Waals surface area contributed by atoms with Crippen LogP contribution in [0.2, 0.25) is 5.02 Å². The highest BCUT2D eigenvalue weighted by Gasteiger charge is 2.51. The van der Waals surface area contributed by atoms with Crippen LogP contribution in [0.15, 0.2) is 28.8 Å². The molecule has 0 atom stereocenters. The Morgan fingerprint density at radius 1 is 1.30 bits per heavy atom. The summed E-state index contributed by atoms with van der Waals surface area (Å²) < 4.78 is 69.0. The Kier molecular flexibility index (Phi) is 5.13. The predicted octanol–water partition coefficient (Wildman–Crippen LogP) is 3.79. The van der Waals surface area contributed by atoms with Crippen molar-refractivity contribution in [3.63, 3.8) is 0 Å². The molecule has 0 N–H and O–H groups in total. The topological polar surface area (TPSA) is 90.9 Å². The number of benzene rings is 1. The summed E-state index contributed by atoms with van der Waals surface area (Å²) in [4.78, 5) is 4.31.